The molecule has 1 N–H and O–H groups in total. The van der Waals surface area contributed by atoms with E-state index in [1.165, 1.54) is 11.8 Å². The summed E-state index contributed by atoms with van der Waals surface area (Å²) in [4.78, 5) is 11.8. The van der Waals surface area contributed by atoms with E-state index < -0.39 is 5.91 Å². The summed E-state index contributed by atoms with van der Waals surface area (Å²) in [6, 6.07) is 11.5. The van der Waals surface area contributed by atoms with Gasteiger partial charge in [0, 0.05) is 0 Å². The number of benzene rings is 1. The predicted octanol–water partition coefficient (Wildman–Crippen LogP) is 3.63. The predicted molar refractivity (Wildman–Crippen MR) is 84.3 cm³/mol. The summed E-state index contributed by atoms with van der Waals surface area (Å²) in [5.41, 5.74) is 2.35. The minimum atomic E-state index is -0.425. The lowest BCUT2D eigenvalue weighted by atomic mass is 10.0. The van der Waals surface area contributed by atoms with Crippen molar-refractivity contribution in [2.45, 2.75) is 26.2 Å². The van der Waals surface area contributed by atoms with Crippen LogP contribution in [0.4, 0.5) is 6.01 Å². The fourth-order valence-corrected chi connectivity index (χ4v) is 2.14. The second kappa shape index (κ2) is 6.48. The van der Waals surface area contributed by atoms with Crippen LogP contribution in [0.15, 0.2) is 51.5 Å². The lowest BCUT2D eigenvalue weighted by Gasteiger charge is -2.05. The van der Waals surface area contributed by atoms with Gasteiger partial charge in [0.2, 0.25) is 5.89 Å². The lowest BCUT2D eigenvalue weighted by molar-refractivity contribution is 0.0993. The Balaban J connectivity index is 1.64. The topological polar surface area (TPSA) is 81.2 Å². The number of anilines is 1. The second-order valence-electron chi connectivity index (χ2n) is 5.51. The molecule has 23 heavy (non-hydrogen) atoms. The van der Waals surface area contributed by atoms with Gasteiger partial charge in [-0.05, 0) is 29.2 Å². The maximum absolute atomic E-state index is 11.8. The highest BCUT2D eigenvalue weighted by molar-refractivity contribution is 6.00. The highest BCUT2D eigenvalue weighted by Gasteiger charge is 2.13. The molecule has 3 aromatic rings. The van der Waals surface area contributed by atoms with Gasteiger partial charge in [0.05, 0.1) is 12.7 Å². The van der Waals surface area contributed by atoms with E-state index in [0.717, 1.165) is 5.56 Å². The Morgan fingerprint density at radius 3 is 2.61 bits per heavy atom. The molecule has 118 valence electrons. The molecule has 2 aromatic heterocycles. The largest absolute Gasteiger partial charge is 0.459 e. The first-order chi connectivity index (χ1) is 11.1. The van der Waals surface area contributed by atoms with Crippen LogP contribution in [0.5, 0.6) is 0 Å². The average molecular weight is 311 g/mol. The highest BCUT2D eigenvalue weighted by atomic mass is 16.4. The fraction of sp³-hybridized carbons (Fsp3) is 0.235. The van der Waals surface area contributed by atoms with Crippen LogP contribution in [0.1, 0.15) is 47.3 Å². The Morgan fingerprint density at radius 1 is 1.17 bits per heavy atom. The number of nitrogens with zero attached hydrogens (tertiary/aromatic N) is 2. The van der Waals surface area contributed by atoms with Crippen molar-refractivity contribution >= 4 is 11.9 Å². The third-order valence-electron chi connectivity index (χ3n) is 3.43. The molecule has 0 aliphatic carbocycles. The molecule has 0 bridgehead atoms. The minimum Gasteiger partial charge on any atom is -0.459 e. The van der Waals surface area contributed by atoms with E-state index in [9.17, 15) is 4.79 Å². The van der Waals surface area contributed by atoms with Gasteiger partial charge in [-0.15, -0.1) is 5.10 Å². The van der Waals surface area contributed by atoms with Crippen molar-refractivity contribution in [3.8, 4) is 0 Å². The molecule has 6 heteroatoms. The maximum atomic E-state index is 11.8. The van der Waals surface area contributed by atoms with Crippen LogP contribution in [-0.2, 0) is 6.42 Å². The molecule has 0 unspecified atom stereocenters. The molecule has 6 nitrogen and oxygen atoms in total. The molecule has 0 aliphatic heterocycles. The molecule has 1 amide bonds. The maximum Gasteiger partial charge on any atom is 0.322 e. The van der Waals surface area contributed by atoms with E-state index >= 15 is 0 Å². The van der Waals surface area contributed by atoms with E-state index in [1.807, 2.05) is 12.1 Å². The summed E-state index contributed by atoms with van der Waals surface area (Å²) in [7, 11) is 0. The standard InChI is InChI=1S/C17H17N3O3/c1-11(2)13-7-5-12(6-8-13)10-15-19-20-17(23-15)18-16(21)14-4-3-9-22-14/h3-9,11H,10H2,1-2H3,(H,18,20,21). The van der Waals surface area contributed by atoms with Crippen molar-refractivity contribution in [3.05, 3.63) is 65.4 Å². The van der Waals surface area contributed by atoms with E-state index in [4.69, 9.17) is 8.83 Å². The second-order valence-corrected chi connectivity index (χ2v) is 5.51. The van der Waals surface area contributed by atoms with Crippen LogP contribution in [0, 0.1) is 0 Å². The van der Waals surface area contributed by atoms with Gasteiger partial charge in [-0.3, -0.25) is 10.1 Å². The first-order valence-electron chi connectivity index (χ1n) is 7.38. The van der Waals surface area contributed by atoms with Crippen LogP contribution in [0.2, 0.25) is 0 Å². The number of nitrogens with one attached hydrogen (secondary N) is 1. The van der Waals surface area contributed by atoms with Crippen LogP contribution in [0.25, 0.3) is 0 Å². The summed E-state index contributed by atoms with van der Waals surface area (Å²) in [5.74, 6) is 0.702. The molecule has 0 radical (unpaired) electrons. The van der Waals surface area contributed by atoms with E-state index in [-0.39, 0.29) is 11.8 Å². The van der Waals surface area contributed by atoms with E-state index in [1.54, 1.807) is 12.1 Å². The number of aromatic nitrogens is 2. The van der Waals surface area contributed by atoms with Gasteiger partial charge in [-0.1, -0.05) is 43.2 Å². The van der Waals surface area contributed by atoms with E-state index in [0.29, 0.717) is 18.2 Å². The summed E-state index contributed by atoms with van der Waals surface area (Å²) >= 11 is 0. The first-order valence-corrected chi connectivity index (χ1v) is 7.38. The van der Waals surface area contributed by atoms with Gasteiger partial charge >= 0.3 is 6.01 Å². The molecular formula is C17H17N3O3. The summed E-state index contributed by atoms with van der Waals surface area (Å²) < 4.78 is 10.4. The molecule has 2 heterocycles. The Labute approximate surface area is 133 Å². The highest BCUT2D eigenvalue weighted by Crippen LogP contribution is 2.17. The number of hydrogen-bond donors (Lipinski definition) is 1. The Kier molecular flexibility index (Phi) is 4.23. The number of rotatable bonds is 5. The van der Waals surface area contributed by atoms with Gasteiger partial charge in [0.1, 0.15) is 0 Å². The van der Waals surface area contributed by atoms with Crippen molar-refractivity contribution < 1.29 is 13.6 Å². The third-order valence-corrected chi connectivity index (χ3v) is 3.43. The van der Waals surface area contributed by atoms with Crippen molar-refractivity contribution in [1.29, 1.82) is 0 Å². The van der Waals surface area contributed by atoms with Gasteiger partial charge in [-0.25, -0.2) is 0 Å². The Morgan fingerprint density at radius 2 is 1.96 bits per heavy atom. The fourth-order valence-electron chi connectivity index (χ4n) is 2.14. The molecule has 0 spiro atoms. The van der Waals surface area contributed by atoms with Crippen LogP contribution in [0.3, 0.4) is 0 Å². The average Bonchev–Trinajstić information content (AvgIpc) is 3.19. The quantitative estimate of drug-likeness (QED) is 0.778. The van der Waals surface area contributed by atoms with Gasteiger partial charge in [0.25, 0.3) is 5.91 Å². The number of carbonyl (C=O) groups excluding carboxylic acids is 1. The molecule has 0 saturated heterocycles. The third kappa shape index (κ3) is 3.66. The Hall–Kier alpha value is -2.89. The molecule has 1 aromatic carbocycles. The number of carbonyl (C=O) groups is 1. The van der Waals surface area contributed by atoms with Crippen molar-refractivity contribution in [2.75, 3.05) is 5.32 Å². The zero-order valence-electron chi connectivity index (χ0n) is 12.9. The molecule has 0 saturated carbocycles. The normalized spacial score (nSPS) is 10.9. The number of hydrogen-bond acceptors (Lipinski definition) is 5. The molecular weight excluding hydrogens is 294 g/mol. The van der Waals surface area contributed by atoms with Crippen LogP contribution < -0.4 is 5.32 Å². The monoisotopic (exact) mass is 311 g/mol. The van der Waals surface area contributed by atoms with Crippen LogP contribution in [-0.4, -0.2) is 16.1 Å². The smallest absolute Gasteiger partial charge is 0.322 e. The minimum absolute atomic E-state index is 0.0557. The van der Waals surface area contributed by atoms with E-state index in [2.05, 4.69) is 41.5 Å². The zero-order valence-corrected chi connectivity index (χ0v) is 12.9. The first kappa shape index (κ1) is 15.0. The molecule has 0 fully saturated rings. The van der Waals surface area contributed by atoms with Crippen molar-refractivity contribution in [2.24, 2.45) is 0 Å². The number of furan rings is 1. The van der Waals surface area contributed by atoms with Crippen molar-refractivity contribution in [3.63, 3.8) is 0 Å². The van der Waals surface area contributed by atoms with Gasteiger partial charge in [-0.2, -0.15) is 0 Å². The SMILES string of the molecule is CC(C)c1ccc(Cc2nnc(NC(=O)c3ccco3)o2)cc1. The summed E-state index contributed by atoms with van der Waals surface area (Å²) in [6.07, 6.45) is 1.94. The number of amides is 1. The van der Waals surface area contributed by atoms with Crippen LogP contribution >= 0.6 is 0 Å². The lowest BCUT2D eigenvalue weighted by Crippen LogP contribution is -2.10. The van der Waals surface area contributed by atoms with Gasteiger partial charge < -0.3 is 8.83 Å². The summed E-state index contributed by atoms with van der Waals surface area (Å²) in [6.45, 7) is 4.31. The van der Waals surface area contributed by atoms with Gasteiger partial charge in [0.15, 0.2) is 5.76 Å². The van der Waals surface area contributed by atoms with Crippen molar-refractivity contribution in [1.82, 2.24) is 10.2 Å². The molecule has 3 rings (SSSR count). The Bertz CT molecular complexity index is 774. The zero-order chi connectivity index (χ0) is 16.2. The molecule has 0 atom stereocenters. The molecule has 0 aliphatic rings. The summed E-state index contributed by atoms with van der Waals surface area (Å²) in [5, 5.41) is 10.3.